The maximum Gasteiger partial charge on any atom is 0.293 e. The molecule has 29 heavy (non-hydrogen) atoms. The summed E-state index contributed by atoms with van der Waals surface area (Å²) in [6.07, 6.45) is 1.63. The number of benzene rings is 2. The summed E-state index contributed by atoms with van der Waals surface area (Å²) in [4.78, 5) is 38.2. The smallest absolute Gasteiger partial charge is 0.293 e. The lowest BCUT2D eigenvalue weighted by atomic mass is 10.2. The van der Waals surface area contributed by atoms with Crippen molar-refractivity contribution in [2.45, 2.75) is 0 Å². The van der Waals surface area contributed by atoms with Gasteiger partial charge in [0.05, 0.1) is 4.91 Å². The molecule has 0 bridgehead atoms. The first kappa shape index (κ1) is 18.9. The first-order chi connectivity index (χ1) is 14.0. The molecule has 3 amide bonds. The number of imide groups is 1. The highest BCUT2D eigenvalue weighted by Crippen LogP contribution is 2.36. The van der Waals surface area contributed by atoms with Crippen molar-refractivity contribution in [1.29, 1.82) is 0 Å². The lowest BCUT2D eigenvalue weighted by molar-refractivity contribution is -0.122. The van der Waals surface area contributed by atoms with Crippen molar-refractivity contribution >= 4 is 34.9 Å². The molecule has 1 saturated heterocycles. The third-order valence-corrected chi connectivity index (χ3v) is 5.23. The summed E-state index contributed by atoms with van der Waals surface area (Å²) in [7, 11) is 0. The molecule has 0 spiro atoms. The van der Waals surface area contributed by atoms with Gasteiger partial charge in [-0.15, -0.1) is 0 Å². The number of rotatable bonds is 5. The molecule has 1 fully saturated rings. The first-order valence-electron chi connectivity index (χ1n) is 8.73. The van der Waals surface area contributed by atoms with Crippen molar-refractivity contribution in [3.05, 3.63) is 58.5 Å². The minimum absolute atomic E-state index is 0.0625. The molecular formula is C20H16N2O6S. The fourth-order valence-electron chi connectivity index (χ4n) is 2.84. The van der Waals surface area contributed by atoms with E-state index in [9.17, 15) is 19.5 Å². The summed E-state index contributed by atoms with van der Waals surface area (Å²) >= 11 is 0.853. The Hall–Kier alpha value is -3.46. The number of ether oxygens (including phenoxy) is 2. The van der Waals surface area contributed by atoms with Crippen LogP contribution >= 0.6 is 11.8 Å². The van der Waals surface area contributed by atoms with Gasteiger partial charge < -0.3 is 19.9 Å². The van der Waals surface area contributed by atoms with Crippen LogP contribution in [0.15, 0.2) is 47.4 Å². The Balaban J connectivity index is 1.37. The molecule has 8 nitrogen and oxygen atoms in total. The van der Waals surface area contributed by atoms with Crippen molar-refractivity contribution < 1.29 is 29.0 Å². The lowest BCUT2D eigenvalue weighted by Crippen LogP contribution is -2.37. The van der Waals surface area contributed by atoms with Gasteiger partial charge >= 0.3 is 0 Å². The van der Waals surface area contributed by atoms with Crippen LogP contribution in [-0.4, -0.2) is 46.9 Å². The van der Waals surface area contributed by atoms with Crippen molar-refractivity contribution in [2.24, 2.45) is 0 Å². The van der Waals surface area contributed by atoms with Crippen LogP contribution in [0, 0.1) is 0 Å². The van der Waals surface area contributed by atoms with Gasteiger partial charge in [-0.1, -0.05) is 6.07 Å². The number of phenolic OH excluding ortho intramolecular Hbond substituents is 1. The third-order valence-electron chi connectivity index (χ3n) is 4.32. The van der Waals surface area contributed by atoms with Crippen LogP contribution in [0.5, 0.6) is 17.2 Å². The summed E-state index contributed by atoms with van der Waals surface area (Å²) in [6.45, 7) is 0.340. The maximum absolute atomic E-state index is 12.6. The molecule has 0 aromatic heterocycles. The van der Waals surface area contributed by atoms with Gasteiger partial charge in [0.25, 0.3) is 17.1 Å². The second kappa shape index (κ2) is 7.88. The molecule has 0 saturated carbocycles. The van der Waals surface area contributed by atoms with E-state index in [0.717, 1.165) is 22.2 Å². The van der Waals surface area contributed by atoms with Crippen LogP contribution in [0.1, 0.15) is 15.9 Å². The van der Waals surface area contributed by atoms with Gasteiger partial charge in [0.2, 0.25) is 6.79 Å². The van der Waals surface area contributed by atoms with Gasteiger partial charge in [-0.3, -0.25) is 19.3 Å². The number of thioether (sulfide) groups is 1. The van der Waals surface area contributed by atoms with E-state index in [4.69, 9.17) is 9.47 Å². The van der Waals surface area contributed by atoms with Crippen molar-refractivity contribution in [2.75, 3.05) is 19.9 Å². The Bertz CT molecular complexity index is 1020. The number of carbonyl (C=O) groups is 3. The topological polar surface area (TPSA) is 105 Å². The number of hydrogen-bond donors (Lipinski definition) is 2. The van der Waals surface area contributed by atoms with E-state index < -0.39 is 5.91 Å². The molecule has 0 aliphatic carbocycles. The summed E-state index contributed by atoms with van der Waals surface area (Å²) in [5, 5.41) is 11.5. The zero-order valence-electron chi connectivity index (χ0n) is 15.1. The van der Waals surface area contributed by atoms with Gasteiger partial charge in [-0.2, -0.15) is 0 Å². The van der Waals surface area contributed by atoms with Crippen molar-refractivity contribution in [3.8, 4) is 17.2 Å². The predicted octanol–water partition coefficient (Wildman–Crippen LogP) is 2.59. The Kier molecular flexibility index (Phi) is 5.13. The van der Waals surface area contributed by atoms with Gasteiger partial charge in [0.15, 0.2) is 11.5 Å². The first-order valence-corrected chi connectivity index (χ1v) is 9.55. The highest BCUT2D eigenvalue weighted by molar-refractivity contribution is 8.18. The van der Waals surface area contributed by atoms with E-state index >= 15 is 0 Å². The fourth-order valence-corrected chi connectivity index (χ4v) is 3.71. The number of nitrogens with one attached hydrogen (secondary N) is 1. The number of hydrogen-bond acceptors (Lipinski definition) is 7. The van der Waals surface area contributed by atoms with E-state index in [1.165, 1.54) is 24.3 Å². The standard InChI is InChI=1S/C20H16N2O6S/c23-14-4-2-13(3-5-14)18(24)21-7-8-22-19(25)17(29-20(22)26)10-12-1-6-15-16(9-12)28-11-27-15/h1-6,9-10,23H,7-8,11H2,(H,21,24)/b17-10-. The Morgan fingerprint density at radius 1 is 1.14 bits per heavy atom. The second-order valence-electron chi connectivity index (χ2n) is 6.25. The quantitative estimate of drug-likeness (QED) is 0.727. The highest BCUT2D eigenvalue weighted by Gasteiger charge is 2.34. The Morgan fingerprint density at radius 2 is 1.90 bits per heavy atom. The second-order valence-corrected chi connectivity index (χ2v) is 7.24. The molecule has 2 aliphatic rings. The monoisotopic (exact) mass is 412 g/mol. The molecule has 0 atom stereocenters. The Morgan fingerprint density at radius 3 is 2.69 bits per heavy atom. The normalized spacial score (nSPS) is 16.6. The minimum Gasteiger partial charge on any atom is -0.508 e. The van der Waals surface area contributed by atoms with E-state index in [1.54, 1.807) is 24.3 Å². The van der Waals surface area contributed by atoms with E-state index in [1.807, 2.05) is 0 Å². The van der Waals surface area contributed by atoms with Gasteiger partial charge in [0.1, 0.15) is 5.75 Å². The van der Waals surface area contributed by atoms with Crippen molar-refractivity contribution in [3.63, 3.8) is 0 Å². The van der Waals surface area contributed by atoms with Gasteiger partial charge in [-0.05, 0) is 59.8 Å². The number of amides is 3. The molecule has 9 heteroatoms. The van der Waals surface area contributed by atoms with E-state index in [0.29, 0.717) is 22.0 Å². The zero-order chi connectivity index (χ0) is 20.4. The number of aromatic hydroxyl groups is 1. The highest BCUT2D eigenvalue weighted by atomic mass is 32.2. The van der Waals surface area contributed by atoms with Crippen LogP contribution < -0.4 is 14.8 Å². The van der Waals surface area contributed by atoms with E-state index in [2.05, 4.69) is 5.32 Å². The molecule has 0 unspecified atom stereocenters. The molecule has 2 N–H and O–H groups in total. The van der Waals surface area contributed by atoms with E-state index in [-0.39, 0.29) is 36.8 Å². The minimum atomic E-state index is -0.406. The molecule has 2 aromatic carbocycles. The third kappa shape index (κ3) is 4.04. The number of nitrogens with zero attached hydrogens (tertiary/aromatic N) is 1. The van der Waals surface area contributed by atoms with Crippen molar-refractivity contribution in [1.82, 2.24) is 10.2 Å². The van der Waals surface area contributed by atoms with Crippen LogP contribution in [0.4, 0.5) is 4.79 Å². The summed E-state index contributed by atoms with van der Waals surface area (Å²) in [6, 6.07) is 11.1. The lowest BCUT2D eigenvalue weighted by Gasteiger charge is -2.13. The molecule has 2 heterocycles. The summed E-state index contributed by atoms with van der Waals surface area (Å²) in [5.74, 6) is 0.535. The summed E-state index contributed by atoms with van der Waals surface area (Å²) < 4.78 is 10.6. The summed E-state index contributed by atoms with van der Waals surface area (Å²) in [5.41, 5.74) is 1.10. The predicted molar refractivity (Wildman–Crippen MR) is 106 cm³/mol. The Labute approximate surface area is 170 Å². The zero-order valence-corrected chi connectivity index (χ0v) is 15.9. The molecule has 4 rings (SSSR count). The maximum atomic E-state index is 12.6. The van der Waals surface area contributed by atoms with Crippen LogP contribution in [0.2, 0.25) is 0 Å². The number of carbonyl (C=O) groups excluding carboxylic acids is 3. The van der Waals surface area contributed by atoms with Crippen LogP contribution in [0.3, 0.4) is 0 Å². The number of phenols is 1. The van der Waals surface area contributed by atoms with Gasteiger partial charge in [-0.25, -0.2) is 0 Å². The molecule has 2 aliphatic heterocycles. The largest absolute Gasteiger partial charge is 0.508 e. The SMILES string of the molecule is O=C(NCCN1C(=O)S/C(=C\c2ccc3c(c2)OCO3)C1=O)c1ccc(O)cc1. The van der Waals surface area contributed by atoms with Crippen LogP contribution in [0.25, 0.3) is 6.08 Å². The number of fused-ring (bicyclic) bond motifs is 1. The van der Waals surface area contributed by atoms with Gasteiger partial charge in [0, 0.05) is 18.7 Å². The van der Waals surface area contributed by atoms with Crippen LogP contribution in [-0.2, 0) is 4.79 Å². The molecule has 0 radical (unpaired) electrons. The molecular weight excluding hydrogens is 396 g/mol. The fraction of sp³-hybridized carbons (Fsp3) is 0.150. The average Bonchev–Trinajstić information content (AvgIpc) is 3.27. The molecule has 2 aromatic rings. The average molecular weight is 412 g/mol. The molecule has 148 valence electrons.